The van der Waals surface area contributed by atoms with Crippen LogP contribution in [0.4, 0.5) is 5.82 Å². The first-order valence-electron chi connectivity index (χ1n) is 5.14. The Balaban J connectivity index is 2.35. The van der Waals surface area contributed by atoms with Crippen molar-refractivity contribution in [3.63, 3.8) is 0 Å². The van der Waals surface area contributed by atoms with E-state index in [4.69, 9.17) is 39.0 Å². The lowest BCUT2D eigenvalue weighted by molar-refractivity contribution is 0.464. The van der Waals surface area contributed by atoms with Crippen LogP contribution in [-0.2, 0) is 0 Å². The lowest BCUT2D eigenvalue weighted by Crippen LogP contribution is -2.09. The van der Waals surface area contributed by atoms with Crippen LogP contribution in [0.25, 0.3) is 0 Å². The van der Waals surface area contributed by atoms with E-state index in [9.17, 15) is 0 Å². The largest absolute Gasteiger partial charge is 0.437 e. The molecule has 5 nitrogen and oxygen atoms in total. The smallest absolute Gasteiger partial charge is 0.240 e. The Morgan fingerprint density at radius 2 is 2.05 bits per heavy atom. The average molecular weight is 295 g/mol. The molecule has 0 aliphatic heterocycles. The van der Waals surface area contributed by atoms with Gasteiger partial charge in [-0.25, -0.2) is 5.84 Å². The van der Waals surface area contributed by atoms with Crippen LogP contribution in [0.3, 0.4) is 0 Å². The third kappa shape index (κ3) is 3.06. The quantitative estimate of drug-likeness (QED) is 0.670. The highest BCUT2D eigenvalue weighted by molar-refractivity contribution is 6.36. The normalized spacial score (nSPS) is 9.79. The zero-order chi connectivity index (χ0) is 13.8. The van der Waals surface area contributed by atoms with Gasteiger partial charge in [-0.15, -0.1) is 0 Å². The zero-order valence-electron chi connectivity index (χ0n) is 9.52. The van der Waals surface area contributed by atoms with E-state index in [2.05, 4.69) is 10.4 Å². The highest BCUT2D eigenvalue weighted by Gasteiger charge is 2.11. The van der Waals surface area contributed by atoms with Gasteiger partial charge in [0.1, 0.15) is 10.8 Å². The molecule has 0 amide bonds. The third-order valence-electron chi connectivity index (χ3n) is 2.21. The van der Waals surface area contributed by atoms with Crippen LogP contribution in [0.15, 0.2) is 30.3 Å². The molecule has 1 aromatic heterocycles. The minimum absolute atomic E-state index is 0.147. The summed E-state index contributed by atoms with van der Waals surface area (Å²) in [6.45, 7) is 0. The van der Waals surface area contributed by atoms with Gasteiger partial charge in [-0.2, -0.15) is 10.2 Å². The number of benzene rings is 1. The number of hydrazine groups is 1. The van der Waals surface area contributed by atoms with Gasteiger partial charge >= 0.3 is 0 Å². The number of ether oxygens (including phenoxy) is 1. The van der Waals surface area contributed by atoms with E-state index >= 15 is 0 Å². The number of rotatable bonds is 3. The van der Waals surface area contributed by atoms with E-state index in [-0.39, 0.29) is 21.7 Å². The number of nitrogen functional groups attached to an aromatic ring is 1. The fourth-order valence-electron chi connectivity index (χ4n) is 1.36. The second-order valence-electron chi connectivity index (χ2n) is 3.49. The zero-order valence-corrected chi connectivity index (χ0v) is 11.0. The summed E-state index contributed by atoms with van der Waals surface area (Å²) in [6, 6.07) is 10.1. The maximum atomic E-state index is 8.81. The summed E-state index contributed by atoms with van der Waals surface area (Å²) in [4.78, 5) is 4.04. The van der Waals surface area contributed by atoms with Crippen molar-refractivity contribution < 1.29 is 4.74 Å². The van der Waals surface area contributed by atoms with Crippen LogP contribution in [0.1, 0.15) is 5.56 Å². The first kappa shape index (κ1) is 13.4. The van der Waals surface area contributed by atoms with Gasteiger partial charge in [0, 0.05) is 0 Å². The van der Waals surface area contributed by atoms with Crippen LogP contribution in [0, 0.1) is 11.3 Å². The van der Waals surface area contributed by atoms with Crippen molar-refractivity contribution in [1.82, 2.24) is 4.98 Å². The number of nitrogens with zero attached hydrogens (tertiary/aromatic N) is 2. The number of anilines is 1. The van der Waals surface area contributed by atoms with Crippen LogP contribution >= 0.6 is 23.2 Å². The molecule has 1 heterocycles. The van der Waals surface area contributed by atoms with Crippen molar-refractivity contribution in [2.24, 2.45) is 5.84 Å². The Morgan fingerprint density at radius 3 is 2.74 bits per heavy atom. The van der Waals surface area contributed by atoms with Gasteiger partial charge in [0.05, 0.1) is 16.7 Å². The molecule has 0 bridgehead atoms. The maximum Gasteiger partial charge on any atom is 0.240 e. The SMILES string of the molecule is N#Cc1cccc(Oc2nc(NN)c(Cl)cc2Cl)c1. The molecule has 96 valence electrons. The van der Waals surface area contributed by atoms with Gasteiger partial charge < -0.3 is 10.2 Å². The molecule has 0 saturated heterocycles. The number of nitrogens with two attached hydrogens (primary N) is 1. The van der Waals surface area contributed by atoms with Crippen molar-refractivity contribution in [3.8, 4) is 17.7 Å². The highest BCUT2D eigenvalue weighted by Crippen LogP contribution is 2.33. The van der Waals surface area contributed by atoms with Crippen LogP contribution in [0.2, 0.25) is 10.0 Å². The summed E-state index contributed by atoms with van der Waals surface area (Å²) in [6.07, 6.45) is 0. The molecule has 0 fully saturated rings. The Labute approximate surface area is 119 Å². The first-order valence-corrected chi connectivity index (χ1v) is 5.90. The topological polar surface area (TPSA) is 84.0 Å². The van der Waals surface area contributed by atoms with Gasteiger partial charge in [-0.3, -0.25) is 0 Å². The standard InChI is InChI=1S/C12H8Cl2N4O/c13-9-5-10(14)12(17-11(9)18-16)19-8-3-1-2-7(4-8)6-15/h1-5H,16H2,(H,17,18). The van der Waals surface area contributed by atoms with Gasteiger partial charge in [0.2, 0.25) is 5.88 Å². The molecule has 0 spiro atoms. The molecular weight excluding hydrogens is 287 g/mol. The van der Waals surface area contributed by atoms with Crippen molar-refractivity contribution in [2.75, 3.05) is 5.43 Å². The fourth-order valence-corrected chi connectivity index (χ4v) is 1.81. The molecule has 0 unspecified atom stereocenters. The summed E-state index contributed by atoms with van der Waals surface area (Å²) in [5, 5.41) is 9.34. The lowest BCUT2D eigenvalue weighted by atomic mass is 10.2. The molecule has 0 aliphatic carbocycles. The van der Waals surface area contributed by atoms with Gasteiger partial charge in [0.25, 0.3) is 0 Å². The van der Waals surface area contributed by atoms with Crippen molar-refractivity contribution in [3.05, 3.63) is 45.9 Å². The number of halogens is 2. The van der Waals surface area contributed by atoms with Crippen molar-refractivity contribution >= 4 is 29.0 Å². The maximum absolute atomic E-state index is 8.81. The molecule has 19 heavy (non-hydrogen) atoms. The molecule has 0 atom stereocenters. The monoisotopic (exact) mass is 294 g/mol. The molecule has 7 heteroatoms. The minimum Gasteiger partial charge on any atom is -0.437 e. The average Bonchev–Trinajstić information content (AvgIpc) is 2.42. The number of hydrogen-bond donors (Lipinski definition) is 2. The van der Waals surface area contributed by atoms with E-state index in [0.29, 0.717) is 11.3 Å². The van der Waals surface area contributed by atoms with Gasteiger partial charge in [0.15, 0.2) is 5.82 Å². The molecule has 0 aliphatic rings. The second kappa shape index (κ2) is 5.76. The summed E-state index contributed by atoms with van der Waals surface area (Å²) < 4.78 is 5.50. The highest BCUT2D eigenvalue weighted by atomic mass is 35.5. The van der Waals surface area contributed by atoms with Crippen LogP contribution in [-0.4, -0.2) is 4.98 Å². The Morgan fingerprint density at radius 1 is 1.26 bits per heavy atom. The van der Waals surface area contributed by atoms with E-state index in [1.807, 2.05) is 6.07 Å². The molecule has 3 N–H and O–H groups in total. The molecule has 2 rings (SSSR count). The Hall–Kier alpha value is -2.00. The molecule has 2 aromatic rings. The van der Waals surface area contributed by atoms with Crippen LogP contribution in [0.5, 0.6) is 11.6 Å². The minimum atomic E-state index is 0.147. The molecular formula is C12H8Cl2N4O. The third-order valence-corrected chi connectivity index (χ3v) is 2.77. The lowest BCUT2D eigenvalue weighted by Gasteiger charge is -2.09. The molecule has 1 aromatic carbocycles. The molecule has 0 saturated carbocycles. The summed E-state index contributed by atoms with van der Waals surface area (Å²) >= 11 is 11.8. The Kier molecular flexibility index (Phi) is 4.07. The second-order valence-corrected chi connectivity index (χ2v) is 4.31. The van der Waals surface area contributed by atoms with E-state index in [0.717, 1.165) is 0 Å². The predicted molar refractivity (Wildman–Crippen MR) is 73.3 cm³/mol. The number of aromatic nitrogens is 1. The van der Waals surface area contributed by atoms with E-state index < -0.39 is 0 Å². The van der Waals surface area contributed by atoms with Crippen molar-refractivity contribution in [2.45, 2.75) is 0 Å². The number of nitriles is 1. The predicted octanol–water partition coefficient (Wildman–Crippen LogP) is 3.34. The summed E-state index contributed by atoms with van der Waals surface area (Å²) in [7, 11) is 0. The van der Waals surface area contributed by atoms with E-state index in [1.165, 1.54) is 6.07 Å². The fraction of sp³-hybridized carbons (Fsp3) is 0. The van der Waals surface area contributed by atoms with Gasteiger partial charge in [-0.1, -0.05) is 29.3 Å². The van der Waals surface area contributed by atoms with E-state index in [1.54, 1.807) is 24.3 Å². The molecule has 0 radical (unpaired) electrons. The van der Waals surface area contributed by atoms with Gasteiger partial charge in [-0.05, 0) is 24.3 Å². The van der Waals surface area contributed by atoms with Crippen LogP contribution < -0.4 is 16.0 Å². The first-order chi connectivity index (χ1) is 9.13. The Bertz CT molecular complexity index is 655. The number of pyridine rings is 1. The van der Waals surface area contributed by atoms with Crippen molar-refractivity contribution in [1.29, 1.82) is 5.26 Å². The number of hydrogen-bond acceptors (Lipinski definition) is 5. The summed E-state index contributed by atoms with van der Waals surface area (Å²) in [5.41, 5.74) is 2.81. The summed E-state index contributed by atoms with van der Waals surface area (Å²) in [5.74, 6) is 6.11. The number of nitrogens with one attached hydrogen (secondary N) is 1.